The van der Waals surface area contributed by atoms with Gasteiger partial charge in [-0.15, -0.1) is 0 Å². The predicted molar refractivity (Wildman–Crippen MR) is 120 cm³/mol. The third-order valence-corrected chi connectivity index (χ3v) is 5.66. The molecule has 5 rings (SSSR count). The molecule has 0 fully saturated rings. The van der Waals surface area contributed by atoms with Crippen molar-refractivity contribution in [1.29, 1.82) is 0 Å². The summed E-state index contributed by atoms with van der Waals surface area (Å²) in [5.74, 6) is -0.188. The van der Waals surface area contributed by atoms with Crippen LogP contribution in [0.2, 0.25) is 0 Å². The summed E-state index contributed by atoms with van der Waals surface area (Å²) in [5, 5.41) is 36.3. The smallest absolute Gasteiger partial charge is 0.120 e. The second-order valence-corrected chi connectivity index (χ2v) is 7.51. The van der Waals surface area contributed by atoms with Crippen LogP contribution < -0.4 is 0 Å². The van der Waals surface area contributed by atoms with Crippen molar-refractivity contribution in [1.82, 2.24) is 0 Å². The summed E-state index contributed by atoms with van der Waals surface area (Å²) < 4.78 is 0. The predicted octanol–water partition coefficient (Wildman–Crippen LogP) is 6.29. The van der Waals surface area contributed by atoms with Gasteiger partial charge in [-0.05, 0) is 51.9 Å². The molecule has 0 aliphatic carbocycles. The van der Waals surface area contributed by atoms with Crippen LogP contribution >= 0.6 is 0 Å². The van der Waals surface area contributed by atoms with Gasteiger partial charge in [0.1, 0.15) is 17.2 Å². The molecule has 0 radical (unpaired) electrons. The fourth-order valence-electron chi connectivity index (χ4n) is 4.19. The number of para-hydroxylation sites is 1. The van der Waals surface area contributed by atoms with Crippen LogP contribution in [0.4, 0.5) is 0 Å². The summed E-state index contributed by atoms with van der Waals surface area (Å²) in [4.78, 5) is 0. The molecule has 0 amide bonds. The first-order valence-corrected chi connectivity index (χ1v) is 9.83. The van der Waals surface area contributed by atoms with Gasteiger partial charge < -0.3 is 15.3 Å². The molecule has 0 saturated carbocycles. The molecule has 0 heterocycles. The van der Waals surface area contributed by atoms with Crippen LogP contribution in [-0.2, 0) is 0 Å². The number of phenols is 3. The van der Waals surface area contributed by atoms with E-state index in [1.54, 1.807) is 24.3 Å². The number of fused-ring (bicyclic) bond motifs is 2. The fraction of sp³-hybridized carbons (Fsp3) is 0.0370. The molecule has 0 aliphatic rings. The zero-order valence-electron chi connectivity index (χ0n) is 16.2. The average molecular weight is 392 g/mol. The molecule has 5 aromatic carbocycles. The molecule has 3 N–H and O–H groups in total. The largest absolute Gasteiger partial charge is 0.508 e. The Morgan fingerprint density at radius 3 is 1.27 bits per heavy atom. The summed E-state index contributed by atoms with van der Waals surface area (Å²) in [5.41, 5.74) is 1.87. The van der Waals surface area contributed by atoms with E-state index in [0.717, 1.165) is 21.5 Å². The van der Waals surface area contributed by atoms with Crippen molar-refractivity contribution in [2.45, 2.75) is 5.92 Å². The van der Waals surface area contributed by atoms with E-state index in [1.165, 1.54) is 0 Å². The third kappa shape index (κ3) is 3.01. The van der Waals surface area contributed by atoms with Gasteiger partial charge in [0.15, 0.2) is 0 Å². The van der Waals surface area contributed by atoms with Crippen molar-refractivity contribution in [3.63, 3.8) is 0 Å². The number of aromatic hydroxyl groups is 3. The Hall–Kier alpha value is -3.98. The van der Waals surface area contributed by atoms with Gasteiger partial charge in [-0.2, -0.15) is 0 Å². The topological polar surface area (TPSA) is 60.7 Å². The lowest BCUT2D eigenvalue weighted by molar-refractivity contribution is 0.451. The maximum atomic E-state index is 10.9. The Morgan fingerprint density at radius 1 is 0.400 bits per heavy atom. The highest BCUT2D eigenvalue weighted by molar-refractivity contribution is 5.87. The maximum Gasteiger partial charge on any atom is 0.120 e. The molecule has 5 aromatic rings. The fourth-order valence-corrected chi connectivity index (χ4v) is 4.19. The summed E-state index contributed by atoms with van der Waals surface area (Å²) >= 11 is 0. The number of hydrogen-bond acceptors (Lipinski definition) is 3. The minimum atomic E-state index is -0.541. The quantitative estimate of drug-likeness (QED) is 0.316. The minimum absolute atomic E-state index is 0.114. The summed E-state index contributed by atoms with van der Waals surface area (Å²) in [7, 11) is 0. The maximum absolute atomic E-state index is 10.9. The van der Waals surface area contributed by atoms with Crippen molar-refractivity contribution in [3.05, 3.63) is 114 Å². The molecule has 0 aromatic heterocycles. The zero-order valence-corrected chi connectivity index (χ0v) is 16.2. The Balaban J connectivity index is 1.83. The molecule has 0 spiro atoms. The van der Waals surface area contributed by atoms with Crippen molar-refractivity contribution in [2.75, 3.05) is 0 Å². The van der Waals surface area contributed by atoms with E-state index in [-0.39, 0.29) is 17.2 Å². The van der Waals surface area contributed by atoms with Gasteiger partial charge in [0.2, 0.25) is 0 Å². The Bertz CT molecular complexity index is 1300. The van der Waals surface area contributed by atoms with E-state index >= 15 is 0 Å². The molecule has 3 nitrogen and oxygen atoms in total. The van der Waals surface area contributed by atoms with Crippen molar-refractivity contribution in [2.24, 2.45) is 0 Å². The van der Waals surface area contributed by atoms with Gasteiger partial charge in [0.25, 0.3) is 0 Å². The average Bonchev–Trinajstić information content (AvgIpc) is 2.75. The van der Waals surface area contributed by atoms with E-state index in [1.807, 2.05) is 72.8 Å². The molecule has 0 saturated heterocycles. The second kappa shape index (κ2) is 7.12. The molecule has 0 bridgehead atoms. The number of phenolic OH excluding ortho intramolecular Hbond substituents is 3. The monoisotopic (exact) mass is 392 g/mol. The summed E-state index contributed by atoms with van der Waals surface area (Å²) in [6, 6.07) is 30.0. The van der Waals surface area contributed by atoms with E-state index in [9.17, 15) is 15.3 Å². The second-order valence-electron chi connectivity index (χ2n) is 7.51. The summed E-state index contributed by atoms with van der Waals surface area (Å²) in [6.07, 6.45) is 0. The lowest BCUT2D eigenvalue weighted by Gasteiger charge is -2.23. The van der Waals surface area contributed by atoms with E-state index in [2.05, 4.69) is 0 Å². The first kappa shape index (κ1) is 18.1. The van der Waals surface area contributed by atoms with E-state index < -0.39 is 5.92 Å². The van der Waals surface area contributed by atoms with Crippen molar-refractivity contribution in [3.8, 4) is 17.2 Å². The lowest BCUT2D eigenvalue weighted by Crippen LogP contribution is -2.05. The first-order chi connectivity index (χ1) is 14.6. The lowest BCUT2D eigenvalue weighted by atomic mass is 9.82. The van der Waals surface area contributed by atoms with Gasteiger partial charge in [0.05, 0.1) is 0 Å². The standard InChI is InChI=1S/C27H20O3/c28-24-12-6-5-11-21(24)27(22-13-17-7-1-3-9-19(17)15-25(22)29)23-14-18-8-2-4-10-20(18)16-26(23)30/h1-16,27-30H. The molecule has 0 unspecified atom stereocenters. The van der Waals surface area contributed by atoms with Gasteiger partial charge in [0, 0.05) is 22.6 Å². The molecule has 0 aliphatic heterocycles. The van der Waals surface area contributed by atoms with E-state index in [0.29, 0.717) is 16.7 Å². The molecular weight excluding hydrogens is 372 g/mol. The SMILES string of the molecule is Oc1ccccc1C(c1cc2ccccc2cc1O)c1cc2ccccc2cc1O. The highest BCUT2D eigenvalue weighted by atomic mass is 16.3. The number of hydrogen-bond donors (Lipinski definition) is 3. The van der Waals surface area contributed by atoms with Crippen LogP contribution in [0.3, 0.4) is 0 Å². The summed E-state index contributed by atoms with van der Waals surface area (Å²) in [6.45, 7) is 0. The molecule has 146 valence electrons. The van der Waals surface area contributed by atoms with Gasteiger partial charge in [-0.3, -0.25) is 0 Å². The Labute approximate surface area is 174 Å². The van der Waals surface area contributed by atoms with Crippen LogP contribution in [0.15, 0.2) is 97.1 Å². The van der Waals surface area contributed by atoms with Gasteiger partial charge >= 0.3 is 0 Å². The number of rotatable bonds is 3. The molecule has 3 heteroatoms. The molecule has 0 atom stereocenters. The van der Waals surface area contributed by atoms with Crippen molar-refractivity contribution < 1.29 is 15.3 Å². The van der Waals surface area contributed by atoms with Crippen LogP contribution in [0.1, 0.15) is 22.6 Å². The van der Waals surface area contributed by atoms with Crippen LogP contribution in [-0.4, -0.2) is 15.3 Å². The van der Waals surface area contributed by atoms with Gasteiger partial charge in [-0.25, -0.2) is 0 Å². The highest BCUT2D eigenvalue weighted by Gasteiger charge is 2.26. The molecule has 30 heavy (non-hydrogen) atoms. The normalized spacial score (nSPS) is 11.4. The van der Waals surface area contributed by atoms with E-state index in [4.69, 9.17) is 0 Å². The Kier molecular flexibility index (Phi) is 4.29. The van der Waals surface area contributed by atoms with Crippen LogP contribution in [0.5, 0.6) is 17.2 Å². The van der Waals surface area contributed by atoms with Crippen molar-refractivity contribution >= 4 is 21.5 Å². The molecular formula is C27H20O3. The van der Waals surface area contributed by atoms with Crippen LogP contribution in [0, 0.1) is 0 Å². The van der Waals surface area contributed by atoms with Crippen LogP contribution in [0.25, 0.3) is 21.5 Å². The minimum Gasteiger partial charge on any atom is -0.508 e. The Morgan fingerprint density at radius 2 is 0.800 bits per heavy atom. The zero-order chi connectivity index (χ0) is 20.7. The highest BCUT2D eigenvalue weighted by Crippen LogP contribution is 2.45. The number of benzene rings is 5. The first-order valence-electron chi connectivity index (χ1n) is 9.83. The van der Waals surface area contributed by atoms with Gasteiger partial charge in [-0.1, -0.05) is 66.7 Å². The third-order valence-electron chi connectivity index (χ3n) is 5.66.